The predicted molar refractivity (Wildman–Crippen MR) is 99.0 cm³/mol. The average Bonchev–Trinajstić information content (AvgIpc) is 3.17. The summed E-state index contributed by atoms with van der Waals surface area (Å²) in [6, 6.07) is -1.32. The molecule has 1 saturated carbocycles. The maximum atomic E-state index is 12.9. The fourth-order valence-corrected chi connectivity index (χ4v) is 4.90. The van der Waals surface area contributed by atoms with E-state index in [4.69, 9.17) is 5.73 Å². The zero-order valence-corrected chi connectivity index (χ0v) is 16.2. The molecular weight excluding hydrogens is 362 g/mol. The fraction of sp³-hybridized carbons (Fsp3) is 0.750. The molecule has 2 fully saturated rings. The number of primary amides is 1. The van der Waals surface area contributed by atoms with Crippen LogP contribution in [0.15, 0.2) is 0 Å². The highest BCUT2D eigenvalue weighted by molar-refractivity contribution is 7.99. The largest absolute Gasteiger partial charge is 0.368 e. The Labute approximate surface area is 156 Å². The number of carbonyl (C=O) groups excluding carboxylic acids is 4. The van der Waals surface area contributed by atoms with Gasteiger partial charge in [0.05, 0.1) is 5.88 Å². The van der Waals surface area contributed by atoms with Crippen LogP contribution in [-0.2, 0) is 19.2 Å². The van der Waals surface area contributed by atoms with Crippen LogP contribution in [-0.4, -0.2) is 64.1 Å². The van der Waals surface area contributed by atoms with Gasteiger partial charge in [-0.1, -0.05) is 6.92 Å². The Balaban J connectivity index is 2.07. The smallest absolute Gasteiger partial charge is 0.246 e. The fourth-order valence-electron chi connectivity index (χ4n) is 3.25. The first-order valence-electron chi connectivity index (χ1n) is 8.33. The highest BCUT2D eigenvalue weighted by Crippen LogP contribution is 2.29. The molecule has 25 heavy (non-hydrogen) atoms. The van der Waals surface area contributed by atoms with Crippen LogP contribution in [0.4, 0.5) is 0 Å². The van der Waals surface area contributed by atoms with E-state index in [2.05, 4.69) is 5.32 Å². The lowest BCUT2D eigenvalue weighted by Gasteiger charge is -2.28. The monoisotopic (exact) mass is 387 g/mol. The summed E-state index contributed by atoms with van der Waals surface area (Å²) in [6.07, 6.45) is 3.06. The van der Waals surface area contributed by atoms with E-state index in [0.717, 1.165) is 0 Å². The van der Waals surface area contributed by atoms with Gasteiger partial charge in [0, 0.05) is 24.5 Å². The molecule has 0 spiro atoms. The van der Waals surface area contributed by atoms with Crippen molar-refractivity contribution in [3.05, 3.63) is 0 Å². The second-order valence-corrected chi connectivity index (χ2v) is 8.58. The van der Waals surface area contributed by atoms with Crippen molar-refractivity contribution in [2.75, 3.05) is 23.6 Å². The second-order valence-electron chi connectivity index (χ2n) is 6.60. The third-order valence-corrected chi connectivity index (χ3v) is 6.40. The number of carbonyl (C=O) groups is 4. The molecule has 0 aromatic rings. The topological polar surface area (TPSA) is 110 Å². The molecule has 140 valence electrons. The van der Waals surface area contributed by atoms with Crippen molar-refractivity contribution in [1.82, 2.24) is 10.2 Å². The summed E-state index contributed by atoms with van der Waals surface area (Å²) in [5.74, 6) is 0.245. The predicted octanol–water partition coefficient (Wildman–Crippen LogP) is 0.226. The van der Waals surface area contributed by atoms with Crippen LogP contribution in [0.5, 0.6) is 0 Å². The lowest BCUT2D eigenvalue weighted by molar-refractivity contribution is -0.141. The van der Waals surface area contributed by atoms with E-state index < -0.39 is 18.0 Å². The molecule has 3 amide bonds. The van der Waals surface area contributed by atoms with Crippen molar-refractivity contribution in [1.29, 1.82) is 0 Å². The Morgan fingerprint density at radius 3 is 2.68 bits per heavy atom. The van der Waals surface area contributed by atoms with Crippen LogP contribution in [0.25, 0.3) is 0 Å². The summed E-state index contributed by atoms with van der Waals surface area (Å²) >= 11 is 3.06. The molecule has 4 atom stereocenters. The van der Waals surface area contributed by atoms with E-state index in [0.29, 0.717) is 30.2 Å². The zero-order valence-electron chi connectivity index (χ0n) is 14.5. The van der Waals surface area contributed by atoms with E-state index in [9.17, 15) is 19.2 Å². The Hall–Kier alpha value is -1.22. The first-order chi connectivity index (χ1) is 11.8. The van der Waals surface area contributed by atoms with Crippen molar-refractivity contribution in [2.45, 2.75) is 38.3 Å². The van der Waals surface area contributed by atoms with Gasteiger partial charge in [-0.15, -0.1) is 11.8 Å². The minimum absolute atomic E-state index is 0.00971. The number of nitrogens with one attached hydrogen (secondary N) is 1. The Morgan fingerprint density at radius 1 is 1.40 bits per heavy atom. The van der Waals surface area contributed by atoms with E-state index >= 15 is 0 Å². The number of nitrogens with zero attached hydrogens (tertiary/aromatic N) is 1. The molecule has 9 heteroatoms. The first kappa shape index (κ1) is 20.1. The Kier molecular flexibility index (Phi) is 7.18. The Bertz CT molecular complexity index is 557. The lowest BCUT2D eigenvalue weighted by Crippen LogP contribution is -2.54. The maximum Gasteiger partial charge on any atom is 0.246 e. The van der Waals surface area contributed by atoms with Crippen LogP contribution < -0.4 is 11.1 Å². The van der Waals surface area contributed by atoms with Gasteiger partial charge in [-0.2, -0.15) is 11.8 Å². The van der Waals surface area contributed by atoms with Gasteiger partial charge >= 0.3 is 0 Å². The molecule has 7 nitrogen and oxygen atoms in total. The molecule has 0 aromatic carbocycles. The summed E-state index contributed by atoms with van der Waals surface area (Å²) in [6.45, 7) is 1.88. The molecular formula is C16H25N3O4S2. The van der Waals surface area contributed by atoms with Crippen molar-refractivity contribution < 1.29 is 19.2 Å². The van der Waals surface area contributed by atoms with Crippen LogP contribution in [0, 0.1) is 11.8 Å². The molecule has 1 aliphatic carbocycles. The maximum absolute atomic E-state index is 12.9. The van der Waals surface area contributed by atoms with Crippen LogP contribution in [0.3, 0.4) is 0 Å². The molecule has 1 aliphatic heterocycles. The molecule has 0 radical (unpaired) electrons. The van der Waals surface area contributed by atoms with E-state index in [1.807, 2.05) is 13.2 Å². The van der Waals surface area contributed by atoms with Crippen molar-refractivity contribution in [2.24, 2.45) is 17.6 Å². The van der Waals surface area contributed by atoms with E-state index in [1.54, 1.807) is 11.8 Å². The summed E-state index contributed by atoms with van der Waals surface area (Å²) in [4.78, 5) is 50.0. The third kappa shape index (κ3) is 4.91. The first-order valence-corrected chi connectivity index (χ1v) is 10.9. The number of thioether (sulfide) groups is 2. The minimum Gasteiger partial charge on any atom is -0.368 e. The number of Topliss-reactive ketones (excluding diaryl/α,β-unsaturated/α-hetero) is 1. The molecule has 0 bridgehead atoms. The van der Waals surface area contributed by atoms with Gasteiger partial charge in [0.2, 0.25) is 17.7 Å². The van der Waals surface area contributed by atoms with Gasteiger partial charge in [0.1, 0.15) is 17.9 Å². The summed E-state index contributed by atoms with van der Waals surface area (Å²) < 4.78 is 0. The van der Waals surface area contributed by atoms with Crippen LogP contribution >= 0.6 is 23.5 Å². The van der Waals surface area contributed by atoms with Crippen LogP contribution in [0.2, 0.25) is 0 Å². The third-order valence-electron chi connectivity index (χ3n) is 4.74. The summed E-state index contributed by atoms with van der Waals surface area (Å²) in [5, 5.41) is 2.82. The number of rotatable bonds is 7. The number of ketones is 1. The molecule has 1 heterocycles. The van der Waals surface area contributed by atoms with Crippen LogP contribution in [0.1, 0.15) is 26.2 Å². The van der Waals surface area contributed by atoms with Crippen molar-refractivity contribution in [3.63, 3.8) is 0 Å². The molecule has 0 aromatic heterocycles. The highest BCUT2D eigenvalue weighted by atomic mass is 32.2. The second kappa shape index (κ2) is 8.93. The average molecular weight is 388 g/mol. The standard InChI is InChI=1S/C16H25N3O4S2/c1-9-5-10(20)6-11(9)15(22)18-12(3-4-24-2)16(23)19-8-25-7-13(19)14(17)21/h9,11-13H,3-8H2,1-2H3,(H2,17,21)(H,18,22)/t9?,11?,12-,13?/m1/s1. The van der Waals surface area contributed by atoms with Crippen molar-refractivity contribution >= 4 is 47.0 Å². The van der Waals surface area contributed by atoms with Gasteiger partial charge in [0.15, 0.2) is 0 Å². The molecule has 1 saturated heterocycles. The van der Waals surface area contributed by atoms with Gasteiger partial charge in [-0.3, -0.25) is 19.2 Å². The van der Waals surface area contributed by atoms with E-state index in [1.165, 1.54) is 16.7 Å². The van der Waals surface area contributed by atoms with E-state index in [-0.39, 0.29) is 35.9 Å². The number of amides is 3. The Morgan fingerprint density at radius 2 is 2.12 bits per heavy atom. The zero-order chi connectivity index (χ0) is 18.6. The van der Waals surface area contributed by atoms with Crippen molar-refractivity contribution in [3.8, 4) is 0 Å². The molecule has 2 rings (SSSR count). The number of hydrogen-bond acceptors (Lipinski definition) is 6. The quantitative estimate of drug-likeness (QED) is 0.647. The van der Waals surface area contributed by atoms with Gasteiger partial charge in [-0.25, -0.2) is 0 Å². The normalized spacial score (nSPS) is 27.4. The molecule has 2 aliphatic rings. The van der Waals surface area contributed by atoms with Gasteiger partial charge in [0.25, 0.3) is 0 Å². The number of nitrogens with two attached hydrogens (primary N) is 1. The highest BCUT2D eigenvalue weighted by Gasteiger charge is 2.39. The lowest BCUT2D eigenvalue weighted by atomic mass is 9.96. The summed E-state index contributed by atoms with van der Waals surface area (Å²) in [7, 11) is 0. The molecule has 3 unspecified atom stereocenters. The molecule has 3 N–H and O–H groups in total. The van der Waals surface area contributed by atoms with Gasteiger partial charge in [-0.05, 0) is 24.3 Å². The van der Waals surface area contributed by atoms with Gasteiger partial charge < -0.3 is 16.0 Å². The minimum atomic E-state index is -0.691. The summed E-state index contributed by atoms with van der Waals surface area (Å²) in [5.41, 5.74) is 5.39. The SMILES string of the molecule is CSCC[C@@H](NC(=O)C1CC(=O)CC1C)C(=O)N1CSCC1C(N)=O. The number of hydrogen-bond donors (Lipinski definition) is 2.